The van der Waals surface area contributed by atoms with Crippen LogP contribution < -0.4 is 10.6 Å². The quantitative estimate of drug-likeness (QED) is 0.272. The van der Waals surface area contributed by atoms with Gasteiger partial charge in [-0.1, -0.05) is 57.3 Å². The van der Waals surface area contributed by atoms with E-state index in [1.807, 2.05) is 0 Å². The van der Waals surface area contributed by atoms with Gasteiger partial charge in [0.25, 0.3) is 0 Å². The Bertz CT molecular complexity index is 223. The van der Waals surface area contributed by atoms with Gasteiger partial charge in [0.15, 0.2) is 0 Å². The first-order chi connectivity index (χ1) is 9.41. The number of hydrogen-bond donors (Lipinski definition) is 2. The number of nitrogens with one attached hydrogen (secondary N) is 2. The summed E-state index contributed by atoms with van der Waals surface area (Å²) in [7, 11) is 0. The van der Waals surface area contributed by atoms with Gasteiger partial charge >= 0.3 is 0 Å². The minimum atomic E-state index is 0.697. The molecule has 3 nitrogen and oxygen atoms in total. The molecule has 0 heterocycles. The summed E-state index contributed by atoms with van der Waals surface area (Å²) in [6, 6.07) is 0. The maximum Gasteiger partial charge on any atom is 0.207 e. The Morgan fingerprint density at radius 3 is 1.74 bits per heavy atom. The lowest BCUT2D eigenvalue weighted by Crippen LogP contribution is -2.14. The highest BCUT2D eigenvalue weighted by Gasteiger charge is 1.93. The summed E-state index contributed by atoms with van der Waals surface area (Å²) in [6.45, 7) is 2.58. The lowest BCUT2D eigenvalue weighted by Gasteiger charge is -2.03. The maximum atomic E-state index is 10.0. The van der Waals surface area contributed by atoms with Crippen molar-refractivity contribution in [3.05, 3.63) is 0 Å². The lowest BCUT2D eigenvalue weighted by molar-refractivity contribution is -0.109. The molecule has 1 amide bonds. The van der Waals surface area contributed by atoms with Crippen LogP contribution >= 0.6 is 0 Å². The molecule has 0 atom stereocenters. The van der Waals surface area contributed by atoms with E-state index in [4.69, 9.17) is 6.42 Å². The van der Waals surface area contributed by atoms with Gasteiger partial charge in [-0.2, -0.15) is 0 Å². The molecule has 0 aliphatic rings. The van der Waals surface area contributed by atoms with Gasteiger partial charge in [0, 0.05) is 6.54 Å². The summed E-state index contributed by atoms with van der Waals surface area (Å²) in [5.74, 6) is 2.58. The van der Waals surface area contributed by atoms with E-state index in [0.29, 0.717) is 6.54 Å². The molecule has 0 saturated carbocycles. The predicted molar refractivity (Wildman–Crippen MR) is 81.9 cm³/mol. The lowest BCUT2D eigenvalue weighted by atomic mass is 10.1. The molecule has 0 radical (unpaired) electrons. The van der Waals surface area contributed by atoms with Gasteiger partial charge in [0.05, 0.1) is 6.54 Å². The van der Waals surface area contributed by atoms with E-state index in [1.54, 1.807) is 0 Å². The van der Waals surface area contributed by atoms with Crippen LogP contribution in [0.2, 0.25) is 0 Å². The van der Waals surface area contributed by atoms with E-state index in [0.717, 1.165) is 25.9 Å². The van der Waals surface area contributed by atoms with Crippen molar-refractivity contribution in [3.8, 4) is 12.3 Å². The van der Waals surface area contributed by atoms with Gasteiger partial charge in [-0.15, -0.1) is 6.42 Å². The Morgan fingerprint density at radius 2 is 1.26 bits per heavy atom. The molecule has 110 valence electrons. The highest BCUT2D eigenvalue weighted by atomic mass is 16.1. The third kappa shape index (κ3) is 17.0. The van der Waals surface area contributed by atoms with Gasteiger partial charge in [0.1, 0.15) is 0 Å². The third-order valence-corrected chi connectivity index (χ3v) is 3.24. The average molecular weight is 266 g/mol. The molecule has 0 aliphatic heterocycles. The summed E-state index contributed by atoms with van der Waals surface area (Å²) in [5, 5.41) is 5.91. The fourth-order valence-corrected chi connectivity index (χ4v) is 2.11. The number of carbonyl (C=O) groups is 1. The van der Waals surface area contributed by atoms with Gasteiger partial charge in [-0.05, 0) is 19.4 Å². The number of rotatable bonds is 15. The van der Waals surface area contributed by atoms with Crippen LogP contribution in [0.15, 0.2) is 0 Å². The van der Waals surface area contributed by atoms with Crippen LogP contribution in [-0.4, -0.2) is 26.0 Å². The first kappa shape index (κ1) is 18.0. The molecule has 0 aromatic heterocycles. The zero-order valence-electron chi connectivity index (χ0n) is 12.3. The fourth-order valence-electron chi connectivity index (χ4n) is 2.11. The number of terminal acetylenes is 1. The molecule has 3 heteroatoms. The van der Waals surface area contributed by atoms with E-state index in [-0.39, 0.29) is 0 Å². The molecule has 19 heavy (non-hydrogen) atoms. The SMILES string of the molecule is C#CCNCCCCCCCCCCCCNC=O. The molecular formula is C16H30N2O. The molecule has 0 rings (SSSR count). The van der Waals surface area contributed by atoms with Gasteiger partial charge in [-0.3, -0.25) is 4.79 Å². The van der Waals surface area contributed by atoms with E-state index >= 15 is 0 Å². The van der Waals surface area contributed by atoms with Crippen molar-refractivity contribution in [2.75, 3.05) is 19.6 Å². The summed E-state index contributed by atoms with van der Waals surface area (Å²) < 4.78 is 0. The largest absolute Gasteiger partial charge is 0.359 e. The normalized spacial score (nSPS) is 10.1. The molecule has 0 aromatic carbocycles. The van der Waals surface area contributed by atoms with Crippen LogP contribution in [0.25, 0.3) is 0 Å². The maximum absolute atomic E-state index is 10.0. The van der Waals surface area contributed by atoms with Crippen molar-refractivity contribution in [2.24, 2.45) is 0 Å². The monoisotopic (exact) mass is 266 g/mol. The Balaban J connectivity index is 2.91. The molecule has 0 bridgehead atoms. The van der Waals surface area contributed by atoms with Gasteiger partial charge < -0.3 is 10.6 Å². The topological polar surface area (TPSA) is 41.1 Å². The summed E-state index contributed by atoms with van der Waals surface area (Å²) in [6.07, 6.45) is 18.9. The van der Waals surface area contributed by atoms with Gasteiger partial charge in [0.2, 0.25) is 6.41 Å². The predicted octanol–water partition coefficient (Wildman–Crippen LogP) is 2.86. The van der Waals surface area contributed by atoms with Crippen molar-refractivity contribution in [2.45, 2.75) is 64.2 Å². The van der Waals surface area contributed by atoms with E-state index < -0.39 is 0 Å². The first-order valence-corrected chi connectivity index (χ1v) is 7.73. The molecule has 2 N–H and O–H groups in total. The second-order valence-corrected chi connectivity index (χ2v) is 4.99. The second kappa shape index (κ2) is 17.0. The summed E-state index contributed by atoms with van der Waals surface area (Å²) in [4.78, 5) is 10.0. The van der Waals surface area contributed by atoms with Crippen LogP contribution in [0.1, 0.15) is 64.2 Å². The number of carbonyl (C=O) groups excluding carboxylic acids is 1. The standard InChI is InChI=1S/C16H30N2O/c1-2-13-17-14-11-9-7-5-3-4-6-8-10-12-15-18-16-19/h1,16-17H,3-15H2,(H,18,19). The van der Waals surface area contributed by atoms with Crippen LogP contribution in [0.4, 0.5) is 0 Å². The molecule has 0 unspecified atom stereocenters. The van der Waals surface area contributed by atoms with Crippen LogP contribution in [-0.2, 0) is 4.79 Å². The highest BCUT2D eigenvalue weighted by molar-refractivity contribution is 5.45. The Kier molecular flexibility index (Phi) is 16.1. The summed E-state index contributed by atoms with van der Waals surface area (Å²) >= 11 is 0. The average Bonchev–Trinajstić information content (AvgIpc) is 2.43. The minimum Gasteiger partial charge on any atom is -0.359 e. The molecule has 0 aliphatic carbocycles. The summed E-state index contributed by atoms with van der Waals surface area (Å²) in [5.41, 5.74) is 0. The van der Waals surface area contributed by atoms with Crippen molar-refractivity contribution in [3.63, 3.8) is 0 Å². The zero-order valence-corrected chi connectivity index (χ0v) is 12.3. The third-order valence-electron chi connectivity index (χ3n) is 3.24. The van der Waals surface area contributed by atoms with Crippen molar-refractivity contribution in [1.29, 1.82) is 0 Å². The second-order valence-electron chi connectivity index (χ2n) is 4.99. The van der Waals surface area contributed by atoms with Gasteiger partial charge in [-0.25, -0.2) is 0 Å². The van der Waals surface area contributed by atoms with E-state index in [1.165, 1.54) is 57.8 Å². The molecule has 0 fully saturated rings. The van der Waals surface area contributed by atoms with E-state index in [9.17, 15) is 4.79 Å². The zero-order chi connectivity index (χ0) is 14.0. The molecule has 0 aromatic rings. The number of hydrogen-bond acceptors (Lipinski definition) is 2. The van der Waals surface area contributed by atoms with Crippen molar-refractivity contribution >= 4 is 6.41 Å². The smallest absolute Gasteiger partial charge is 0.207 e. The van der Waals surface area contributed by atoms with Crippen LogP contribution in [0.5, 0.6) is 0 Å². The fraction of sp³-hybridized carbons (Fsp3) is 0.812. The Hall–Kier alpha value is -1.01. The van der Waals surface area contributed by atoms with Crippen LogP contribution in [0, 0.1) is 12.3 Å². The molecular weight excluding hydrogens is 236 g/mol. The van der Waals surface area contributed by atoms with Crippen molar-refractivity contribution in [1.82, 2.24) is 10.6 Å². The van der Waals surface area contributed by atoms with Crippen LogP contribution in [0.3, 0.4) is 0 Å². The Labute approximate surface area is 118 Å². The van der Waals surface area contributed by atoms with E-state index in [2.05, 4.69) is 16.6 Å². The Morgan fingerprint density at radius 1 is 0.789 bits per heavy atom. The first-order valence-electron chi connectivity index (χ1n) is 7.73. The van der Waals surface area contributed by atoms with Crippen molar-refractivity contribution < 1.29 is 4.79 Å². The number of unbranched alkanes of at least 4 members (excludes halogenated alkanes) is 9. The number of amides is 1. The minimum absolute atomic E-state index is 0.697. The highest BCUT2D eigenvalue weighted by Crippen LogP contribution is 2.10. The molecule has 0 spiro atoms. The molecule has 0 saturated heterocycles.